The molecule has 118 valence electrons. The van der Waals surface area contributed by atoms with E-state index in [0.29, 0.717) is 6.42 Å². The number of hydrogen-bond donors (Lipinski definition) is 2. The van der Waals surface area contributed by atoms with Crippen LogP contribution in [0.4, 0.5) is 0 Å². The standard InChI is InChI=1S/C14H23N3O4/c1-8(2)12(19)7-17-9(3)5-11(14(17)21)16-13(20)6-15-10(4)18/h8-9,11H,5-7H2,1-4H3,(H,15,18)(H,16,20). The van der Waals surface area contributed by atoms with Crippen LogP contribution in [0.1, 0.15) is 34.1 Å². The topological polar surface area (TPSA) is 95.6 Å². The first kappa shape index (κ1) is 17.1. The van der Waals surface area contributed by atoms with Crippen LogP contribution in [0, 0.1) is 5.92 Å². The molecule has 2 unspecified atom stereocenters. The van der Waals surface area contributed by atoms with E-state index in [1.54, 1.807) is 13.8 Å². The fourth-order valence-electron chi connectivity index (χ4n) is 2.14. The van der Waals surface area contributed by atoms with Crippen molar-refractivity contribution in [1.82, 2.24) is 15.5 Å². The smallest absolute Gasteiger partial charge is 0.245 e. The maximum atomic E-state index is 12.2. The average Bonchev–Trinajstić information content (AvgIpc) is 2.64. The van der Waals surface area contributed by atoms with Gasteiger partial charge in [0.05, 0.1) is 13.1 Å². The summed E-state index contributed by atoms with van der Waals surface area (Å²) < 4.78 is 0. The summed E-state index contributed by atoms with van der Waals surface area (Å²) in [5.41, 5.74) is 0. The molecule has 0 radical (unpaired) electrons. The number of Topliss-reactive ketones (excluding diaryl/α,β-unsaturated/α-hetero) is 1. The maximum Gasteiger partial charge on any atom is 0.245 e. The highest BCUT2D eigenvalue weighted by atomic mass is 16.2. The summed E-state index contributed by atoms with van der Waals surface area (Å²) in [6.07, 6.45) is 0.468. The lowest BCUT2D eigenvalue weighted by atomic mass is 10.1. The second kappa shape index (κ2) is 7.19. The minimum Gasteiger partial charge on any atom is -0.347 e. The quantitative estimate of drug-likeness (QED) is 0.688. The summed E-state index contributed by atoms with van der Waals surface area (Å²) in [4.78, 5) is 47.9. The molecule has 0 bridgehead atoms. The van der Waals surface area contributed by atoms with E-state index in [-0.39, 0.29) is 42.6 Å². The van der Waals surface area contributed by atoms with Crippen molar-refractivity contribution in [3.8, 4) is 0 Å². The third-order valence-electron chi connectivity index (χ3n) is 3.49. The third-order valence-corrected chi connectivity index (χ3v) is 3.49. The Morgan fingerprint density at radius 3 is 2.48 bits per heavy atom. The Bertz CT molecular complexity index is 448. The van der Waals surface area contributed by atoms with Gasteiger partial charge in [0.1, 0.15) is 6.04 Å². The number of amides is 3. The van der Waals surface area contributed by atoms with Gasteiger partial charge >= 0.3 is 0 Å². The molecule has 0 saturated carbocycles. The highest BCUT2D eigenvalue weighted by Gasteiger charge is 2.38. The zero-order valence-corrected chi connectivity index (χ0v) is 12.9. The lowest BCUT2D eigenvalue weighted by Crippen LogP contribution is -2.46. The molecule has 0 aromatic rings. The van der Waals surface area contributed by atoms with Crippen LogP contribution in [0.25, 0.3) is 0 Å². The molecule has 2 N–H and O–H groups in total. The highest BCUT2D eigenvalue weighted by Crippen LogP contribution is 2.19. The summed E-state index contributed by atoms with van der Waals surface area (Å²) >= 11 is 0. The van der Waals surface area contributed by atoms with Crippen LogP contribution < -0.4 is 10.6 Å². The van der Waals surface area contributed by atoms with E-state index in [1.165, 1.54) is 11.8 Å². The van der Waals surface area contributed by atoms with Gasteiger partial charge in [-0.15, -0.1) is 0 Å². The van der Waals surface area contributed by atoms with E-state index in [0.717, 1.165) is 0 Å². The molecule has 1 aliphatic rings. The predicted molar refractivity (Wildman–Crippen MR) is 76.3 cm³/mol. The summed E-state index contributed by atoms with van der Waals surface area (Å²) in [5.74, 6) is -1.08. The number of carbonyl (C=O) groups is 4. The van der Waals surface area contributed by atoms with Gasteiger partial charge in [-0.05, 0) is 13.3 Å². The Morgan fingerprint density at radius 2 is 1.95 bits per heavy atom. The number of ketones is 1. The molecule has 1 aliphatic heterocycles. The second-order valence-corrected chi connectivity index (χ2v) is 5.70. The van der Waals surface area contributed by atoms with E-state index in [2.05, 4.69) is 10.6 Å². The van der Waals surface area contributed by atoms with Crippen molar-refractivity contribution in [1.29, 1.82) is 0 Å². The van der Waals surface area contributed by atoms with Crippen LogP contribution in [0.2, 0.25) is 0 Å². The molecule has 1 rings (SSSR count). The van der Waals surface area contributed by atoms with Crippen LogP contribution in [0.3, 0.4) is 0 Å². The highest BCUT2D eigenvalue weighted by molar-refractivity contribution is 5.94. The first-order valence-electron chi connectivity index (χ1n) is 7.09. The Labute approximate surface area is 124 Å². The minimum absolute atomic E-state index is 0.000392. The Balaban J connectivity index is 2.56. The minimum atomic E-state index is -0.624. The third kappa shape index (κ3) is 4.84. The molecule has 2 atom stereocenters. The van der Waals surface area contributed by atoms with Crippen molar-refractivity contribution in [2.75, 3.05) is 13.1 Å². The number of nitrogens with one attached hydrogen (secondary N) is 2. The van der Waals surface area contributed by atoms with Crippen molar-refractivity contribution in [2.24, 2.45) is 5.92 Å². The summed E-state index contributed by atoms with van der Waals surface area (Å²) in [6.45, 7) is 6.68. The molecule has 0 aromatic carbocycles. The van der Waals surface area contributed by atoms with Crippen LogP contribution in [0.5, 0.6) is 0 Å². The number of nitrogens with zero attached hydrogens (tertiary/aromatic N) is 1. The Kier molecular flexibility index (Phi) is 5.87. The van der Waals surface area contributed by atoms with Crippen LogP contribution in [0.15, 0.2) is 0 Å². The van der Waals surface area contributed by atoms with Crippen molar-refractivity contribution in [3.05, 3.63) is 0 Å². The molecule has 1 heterocycles. The van der Waals surface area contributed by atoms with E-state index in [4.69, 9.17) is 0 Å². The number of carbonyl (C=O) groups excluding carboxylic acids is 4. The van der Waals surface area contributed by atoms with Crippen molar-refractivity contribution in [2.45, 2.75) is 46.2 Å². The molecule has 0 aromatic heterocycles. The monoisotopic (exact) mass is 297 g/mol. The number of likely N-dealkylation sites (tertiary alicyclic amines) is 1. The molecule has 21 heavy (non-hydrogen) atoms. The lowest BCUT2D eigenvalue weighted by molar-refractivity contribution is -0.136. The largest absolute Gasteiger partial charge is 0.347 e. The summed E-state index contributed by atoms with van der Waals surface area (Å²) in [7, 11) is 0. The van der Waals surface area contributed by atoms with Crippen molar-refractivity contribution >= 4 is 23.5 Å². The lowest BCUT2D eigenvalue weighted by Gasteiger charge is -2.21. The first-order chi connectivity index (χ1) is 9.72. The van der Waals surface area contributed by atoms with Crippen LogP contribution >= 0.6 is 0 Å². The molecular formula is C14H23N3O4. The fourth-order valence-corrected chi connectivity index (χ4v) is 2.14. The van der Waals surface area contributed by atoms with Gasteiger partial charge in [-0.3, -0.25) is 19.2 Å². The normalized spacial score (nSPS) is 21.6. The van der Waals surface area contributed by atoms with Gasteiger partial charge in [0.2, 0.25) is 17.7 Å². The van der Waals surface area contributed by atoms with E-state index >= 15 is 0 Å². The predicted octanol–water partition coefficient (Wildman–Crippen LogP) is -0.547. The molecule has 7 nitrogen and oxygen atoms in total. The number of rotatable bonds is 6. The van der Waals surface area contributed by atoms with Crippen molar-refractivity contribution < 1.29 is 19.2 Å². The first-order valence-corrected chi connectivity index (χ1v) is 7.09. The van der Waals surface area contributed by atoms with Crippen molar-refractivity contribution in [3.63, 3.8) is 0 Å². The average molecular weight is 297 g/mol. The van der Waals surface area contributed by atoms with Gasteiger partial charge in [0.15, 0.2) is 5.78 Å². The Morgan fingerprint density at radius 1 is 1.33 bits per heavy atom. The zero-order chi connectivity index (χ0) is 16.2. The molecule has 3 amide bonds. The molecule has 7 heteroatoms. The van der Waals surface area contributed by atoms with Crippen LogP contribution in [-0.4, -0.2) is 53.6 Å². The Hall–Kier alpha value is -1.92. The van der Waals surface area contributed by atoms with Gasteiger partial charge in [0.25, 0.3) is 0 Å². The SMILES string of the molecule is CC(=O)NCC(=O)NC1CC(C)N(CC(=O)C(C)C)C1=O. The van der Waals surface area contributed by atoms with Gasteiger partial charge in [-0.2, -0.15) is 0 Å². The van der Waals surface area contributed by atoms with E-state index in [1.807, 2.05) is 6.92 Å². The number of hydrogen-bond acceptors (Lipinski definition) is 4. The van der Waals surface area contributed by atoms with Gasteiger partial charge in [0, 0.05) is 18.9 Å². The second-order valence-electron chi connectivity index (χ2n) is 5.70. The molecular weight excluding hydrogens is 274 g/mol. The fraction of sp³-hybridized carbons (Fsp3) is 0.714. The molecule has 0 aliphatic carbocycles. The van der Waals surface area contributed by atoms with Gasteiger partial charge in [-0.25, -0.2) is 0 Å². The zero-order valence-electron chi connectivity index (χ0n) is 12.9. The molecule has 1 saturated heterocycles. The summed E-state index contributed by atoms with van der Waals surface area (Å²) in [6, 6.07) is -0.715. The van der Waals surface area contributed by atoms with Gasteiger partial charge in [-0.1, -0.05) is 13.8 Å². The van der Waals surface area contributed by atoms with Gasteiger partial charge < -0.3 is 15.5 Å². The summed E-state index contributed by atoms with van der Waals surface area (Å²) in [5, 5.41) is 4.96. The molecule has 0 spiro atoms. The molecule has 1 fully saturated rings. The van der Waals surface area contributed by atoms with Crippen LogP contribution in [-0.2, 0) is 19.2 Å². The maximum absolute atomic E-state index is 12.2. The van der Waals surface area contributed by atoms with E-state index < -0.39 is 11.9 Å². The van der Waals surface area contributed by atoms with E-state index in [9.17, 15) is 19.2 Å².